The summed E-state index contributed by atoms with van der Waals surface area (Å²) in [6.45, 7) is 7.38. The second kappa shape index (κ2) is 3.72. The van der Waals surface area contributed by atoms with E-state index in [2.05, 4.69) is 5.32 Å². The zero-order chi connectivity index (χ0) is 12.8. The van der Waals surface area contributed by atoms with Gasteiger partial charge in [0.1, 0.15) is 11.4 Å². The zero-order valence-electron chi connectivity index (χ0n) is 10.5. The maximum absolute atomic E-state index is 13.8. The van der Waals surface area contributed by atoms with E-state index in [-0.39, 0.29) is 17.8 Å². The highest BCUT2D eigenvalue weighted by Crippen LogP contribution is 2.37. The van der Waals surface area contributed by atoms with Crippen molar-refractivity contribution in [3.8, 4) is 0 Å². The molecular formula is C13H17FN2O. The van der Waals surface area contributed by atoms with Gasteiger partial charge < -0.3 is 10.2 Å². The van der Waals surface area contributed by atoms with Crippen LogP contribution in [-0.4, -0.2) is 17.5 Å². The molecule has 1 aliphatic heterocycles. The topological polar surface area (TPSA) is 32.3 Å². The fraction of sp³-hybridized carbons (Fsp3) is 0.462. The van der Waals surface area contributed by atoms with Gasteiger partial charge in [-0.05, 0) is 39.8 Å². The third-order valence-electron chi connectivity index (χ3n) is 2.96. The standard InChI is InChI=1S/C13H17FN2O/c1-8(2)16-10-7-5-6-9(14)11(10)15-13(3,4)12(16)17/h5-8,15H,1-4H3. The third kappa shape index (κ3) is 1.77. The second-order valence-electron chi connectivity index (χ2n) is 5.15. The molecule has 0 saturated carbocycles. The fourth-order valence-electron chi connectivity index (χ4n) is 2.13. The molecule has 1 amide bonds. The van der Waals surface area contributed by atoms with Crippen molar-refractivity contribution in [1.29, 1.82) is 0 Å². The van der Waals surface area contributed by atoms with Gasteiger partial charge in [0, 0.05) is 6.04 Å². The molecular weight excluding hydrogens is 219 g/mol. The molecule has 0 atom stereocenters. The van der Waals surface area contributed by atoms with E-state index in [1.165, 1.54) is 6.07 Å². The molecule has 2 rings (SSSR count). The van der Waals surface area contributed by atoms with Crippen LogP contribution in [0.25, 0.3) is 0 Å². The van der Waals surface area contributed by atoms with Crippen LogP contribution in [0.1, 0.15) is 27.7 Å². The predicted molar refractivity (Wildman–Crippen MR) is 66.7 cm³/mol. The molecule has 0 spiro atoms. The maximum atomic E-state index is 13.8. The van der Waals surface area contributed by atoms with E-state index in [0.717, 1.165) is 0 Å². The Bertz CT molecular complexity index is 468. The molecule has 1 aromatic carbocycles. The maximum Gasteiger partial charge on any atom is 0.252 e. The van der Waals surface area contributed by atoms with Crippen molar-refractivity contribution in [3.05, 3.63) is 24.0 Å². The largest absolute Gasteiger partial charge is 0.368 e. The monoisotopic (exact) mass is 236 g/mol. The van der Waals surface area contributed by atoms with Crippen molar-refractivity contribution in [1.82, 2.24) is 0 Å². The lowest BCUT2D eigenvalue weighted by molar-refractivity contribution is -0.122. The molecule has 0 bridgehead atoms. The lowest BCUT2D eigenvalue weighted by Gasteiger charge is -2.41. The van der Waals surface area contributed by atoms with Crippen LogP contribution in [0.3, 0.4) is 0 Å². The number of nitrogens with one attached hydrogen (secondary N) is 1. The summed E-state index contributed by atoms with van der Waals surface area (Å²) in [6, 6.07) is 4.79. The number of fused-ring (bicyclic) bond motifs is 1. The Hall–Kier alpha value is -1.58. The van der Waals surface area contributed by atoms with Gasteiger partial charge in [-0.3, -0.25) is 4.79 Å². The number of rotatable bonds is 1. The van der Waals surface area contributed by atoms with Crippen molar-refractivity contribution in [2.24, 2.45) is 0 Å². The van der Waals surface area contributed by atoms with Gasteiger partial charge in [-0.1, -0.05) is 6.07 Å². The Morgan fingerprint density at radius 3 is 2.59 bits per heavy atom. The first-order valence-corrected chi connectivity index (χ1v) is 5.75. The van der Waals surface area contributed by atoms with Gasteiger partial charge in [0.2, 0.25) is 0 Å². The molecule has 0 radical (unpaired) electrons. The molecule has 1 aromatic rings. The summed E-state index contributed by atoms with van der Waals surface area (Å²) in [4.78, 5) is 14.0. The van der Waals surface area contributed by atoms with Gasteiger partial charge in [-0.25, -0.2) is 4.39 Å². The van der Waals surface area contributed by atoms with Gasteiger partial charge in [0.05, 0.1) is 11.4 Å². The number of hydrogen-bond acceptors (Lipinski definition) is 2. The fourth-order valence-corrected chi connectivity index (χ4v) is 2.13. The van der Waals surface area contributed by atoms with E-state index >= 15 is 0 Å². The van der Waals surface area contributed by atoms with Crippen molar-refractivity contribution in [3.63, 3.8) is 0 Å². The first-order valence-electron chi connectivity index (χ1n) is 5.75. The van der Waals surface area contributed by atoms with E-state index in [1.54, 1.807) is 30.9 Å². The quantitative estimate of drug-likeness (QED) is 0.813. The number of halogens is 1. The number of carbonyl (C=O) groups is 1. The molecule has 1 N–H and O–H groups in total. The Kier molecular flexibility index (Phi) is 2.60. The van der Waals surface area contributed by atoms with E-state index in [1.807, 2.05) is 13.8 Å². The smallest absolute Gasteiger partial charge is 0.252 e. The minimum atomic E-state index is -0.778. The number of benzene rings is 1. The normalized spacial score (nSPS) is 18.0. The first kappa shape index (κ1) is 11.9. The molecule has 92 valence electrons. The van der Waals surface area contributed by atoms with Crippen LogP contribution in [0.2, 0.25) is 0 Å². The predicted octanol–water partition coefficient (Wildman–Crippen LogP) is 2.77. The summed E-state index contributed by atoms with van der Waals surface area (Å²) < 4.78 is 13.8. The van der Waals surface area contributed by atoms with E-state index < -0.39 is 5.54 Å². The lowest BCUT2D eigenvalue weighted by atomic mass is 9.96. The Morgan fingerprint density at radius 1 is 1.35 bits per heavy atom. The van der Waals surface area contributed by atoms with Crippen LogP contribution in [-0.2, 0) is 4.79 Å². The number of para-hydroxylation sites is 1. The summed E-state index contributed by atoms with van der Waals surface area (Å²) in [5, 5.41) is 2.97. The van der Waals surface area contributed by atoms with Crippen LogP contribution in [0.5, 0.6) is 0 Å². The first-order chi connectivity index (χ1) is 7.84. The van der Waals surface area contributed by atoms with Crippen molar-refractivity contribution in [2.75, 3.05) is 10.2 Å². The Labute approximate surface area is 101 Å². The molecule has 17 heavy (non-hydrogen) atoms. The third-order valence-corrected chi connectivity index (χ3v) is 2.96. The summed E-state index contributed by atoms with van der Waals surface area (Å²) in [5.74, 6) is -0.362. The SMILES string of the molecule is CC(C)N1C(=O)C(C)(C)Nc2c(F)cccc21. The van der Waals surface area contributed by atoms with Crippen molar-refractivity contribution in [2.45, 2.75) is 39.3 Å². The van der Waals surface area contributed by atoms with Crippen LogP contribution >= 0.6 is 0 Å². The Morgan fingerprint density at radius 2 is 2.00 bits per heavy atom. The average Bonchev–Trinajstić information content (AvgIpc) is 2.21. The number of hydrogen-bond donors (Lipinski definition) is 1. The summed E-state index contributed by atoms with van der Waals surface area (Å²) >= 11 is 0. The van der Waals surface area contributed by atoms with Gasteiger partial charge in [0.25, 0.3) is 5.91 Å². The van der Waals surface area contributed by atoms with Gasteiger partial charge in [0.15, 0.2) is 0 Å². The second-order valence-corrected chi connectivity index (χ2v) is 5.15. The van der Waals surface area contributed by atoms with Crippen LogP contribution in [0, 0.1) is 5.82 Å². The minimum absolute atomic E-state index is 0.00410. The molecule has 0 unspecified atom stereocenters. The van der Waals surface area contributed by atoms with Crippen LogP contribution < -0.4 is 10.2 Å². The number of nitrogens with zero attached hydrogens (tertiary/aromatic N) is 1. The molecule has 4 heteroatoms. The van der Waals surface area contributed by atoms with E-state index in [9.17, 15) is 9.18 Å². The Balaban J connectivity index is 2.63. The zero-order valence-corrected chi connectivity index (χ0v) is 10.5. The highest BCUT2D eigenvalue weighted by Gasteiger charge is 2.40. The molecule has 0 aliphatic carbocycles. The lowest BCUT2D eigenvalue weighted by Crippen LogP contribution is -2.56. The number of amides is 1. The summed E-state index contributed by atoms with van der Waals surface area (Å²) in [6.07, 6.45) is 0. The molecule has 1 aliphatic rings. The molecule has 1 heterocycles. The average molecular weight is 236 g/mol. The molecule has 0 saturated heterocycles. The van der Waals surface area contributed by atoms with Crippen molar-refractivity contribution < 1.29 is 9.18 Å². The number of carbonyl (C=O) groups excluding carboxylic acids is 1. The molecule has 3 nitrogen and oxygen atoms in total. The van der Waals surface area contributed by atoms with Crippen LogP contribution in [0.4, 0.5) is 15.8 Å². The van der Waals surface area contributed by atoms with Gasteiger partial charge >= 0.3 is 0 Å². The van der Waals surface area contributed by atoms with Crippen molar-refractivity contribution >= 4 is 17.3 Å². The van der Waals surface area contributed by atoms with Gasteiger partial charge in [-0.15, -0.1) is 0 Å². The highest BCUT2D eigenvalue weighted by atomic mass is 19.1. The van der Waals surface area contributed by atoms with E-state index in [0.29, 0.717) is 11.4 Å². The number of anilines is 2. The highest BCUT2D eigenvalue weighted by molar-refractivity contribution is 6.07. The molecule has 0 aromatic heterocycles. The summed E-state index contributed by atoms with van der Waals surface area (Å²) in [5.41, 5.74) is 0.245. The molecule has 0 fully saturated rings. The summed E-state index contributed by atoms with van der Waals surface area (Å²) in [7, 11) is 0. The minimum Gasteiger partial charge on any atom is -0.368 e. The van der Waals surface area contributed by atoms with Crippen LogP contribution in [0.15, 0.2) is 18.2 Å². The van der Waals surface area contributed by atoms with Gasteiger partial charge in [-0.2, -0.15) is 0 Å². The van der Waals surface area contributed by atoms with E-state index in [4.69, 9.17) is 0 Å².